The summed E-state index contributed by atoms with van der Waals surface area (Å²) < 4.78 is 5.70. The lowest BCUT2D eigenvalue weighted by Crippen LogP contribution is -2.19. The van der Waals surface area contributed by atoms with Crippen molar-refractivity contribution >= 4 is 39.8 Å². The van der Waals surface area contributed by atoms with Gasteiger partial charge in [0.1, 0.15) is 10.8 Å². The van der Waals surface area contributed by atoms with Crippen molar-refractivity contribution in [1.29, 1.82) is 0 Å². The second-order valence-electron chi connectivity index (χ2n) is 7.05. The molecule has 1 aromatic carbocycles. The minimum atomic E-state index is -0.513. The molecule has 1 aliphatic carbocycles. The van der Waals surface area contributed by atoms with E-state index in [-0.39, 0.29) is 5.76 Å². The van der Waals surface area contributed by atoms with E-state index in [1.165, 1.54) is 11.3 Å². The van der Waals surface area contributed by atoms with Gasteiger partial charge >= 0.3 is 0 Å². The number of primary amides is 1. The van der Waals surface area contributed by atoms with Gasteiger partial charge in [-0.25, -0.2) is 0 Å². The Morgan fingerprint density at radius 1 is 1.29 bits per heavy atom. The second kappa shape index (κ2) is 7.45. The van der Waals surface area contributed by atoms with Crippen LogP contribution in [0.2, 0.25) is 5.02 Å². The Balaban J connectivity index is 1.60. The molecule has 1 aliphatic rings. The molecule has 144 valence electrons. The standard InChI is InChI=1S/C21H19ClN2O3S/c1-11-5-6-14-17(9-11)28-21(18(14)19(23)25)24-20(26)16-8-7-15(27-16)12-3-2-4-13(22)10-12/h2-4,7-8,10-11H,5-6,9H2,1H3,(H2,23,25)(H,24,26)/t11-/m0/s1. The number of rotatable bonds is 4. The Kier molecular flexibility index (Phi) is 5.00. The number of fused-ring (bicyclic) bond motifs is 1. The molecule has 4 rings (SSSR count). The van der Waals surface area contributed by atoms with Crippen molar-refractivity contribution in [3.63, 3.8) is 0 Å². The molecule has 0 fully saturated rings. The first kappa shape index (κ1) is 18.8. The fraction of sp³-hybridized carbons (Fsp3) is 0.238. The van der Waals surface area contributed by atoms with Crippen LogP contribution < -0.4 is 11.1 Å². The van der Waals surface area contributed by atoms with Crippen molar-refractivity contribution in [3.05, 3.63) is 63.2 Å². The number of thiophene rings is 1. The van der Waals surface area contributed by atoms with Gasteiger partial charge in [-0.1, -0.05) is 30.7 Å². The van der Waals surface area contributed by atoms with Gasteiger partial charge in [-0.2, -0.15) is 0 Å². The van der Waals surface area contributed by atoms with Gasteiger partial charge in [0.25, 0.3) is 11.8 Å². The van der Waals surface area contributed by atoms with E-state index in [4.69, 9.17) is 21.8 Å². The summed E-state index contributed by atoms with van der Waals surface area (Å²) in [5.74, 6) is 0.330. The quantitative estimate of drug-likeness (QED) is 0.619. The van der Waals surface area contributed by atoms with Crippen LogP contribution >= 0.6 is 22.9 Å². The molecule has 3 aromatic rings. The van der Waals surface area contributed by atoms with E-state index in [9.17, 15) is 9.59 Å². The minimum absolute atomic E-state index is 0.158. The van der Waals surface area contributed by atoms with Crippen LogP contribution in [0.15, 0.2) is 40.8 Å². The molecular weight excluding hydrogens is 396 g/mol. The van der Waals surface area contributed by atoms with Crippen LogP contribution in [-0.2, 0) is 12.8 Å². The topological polar surface area (TPSA) is 85.3 Å². The lowest BCUT2D eigenvalue weighted by atomic mass is 9.88. The van der Waals surface area contributed by atoms with Crippen molar-refractivity contribution in [2.24, 2.45) is 11.7 Å². The van der Waals surface area contributed by atoms with E-state index in [1.807, 2.05) is 12.1 Å². The number of halogens is 1. The number of carbonyl (C=O) groups is 2. The molecule has 0 aliphatic heterocycles. The molecule has 0 unspecified atom stereocenters. The van der Waals surface area contributed by atoms with Crippen LogP contribution in [0, 0.1) is 5.92 Å². The zero-order valence-corrected chi connectivity index (χ0v) is 16.8. The average molecular weight is 415 g/mol. The third-order valence-electron chi connectivity index (χ3n) is 4.92. The molecule has 0 saturated carbocycles. The Labute approximate surface area is 171 Å². The predicted molar refractivity (Wildman–Crippen MR) is 111 cm³/mol. The van der Waals surface area contributed by atoms with Crippen LogP contribution in [0.4, 0.5) is 5.00 Å². The number of furan rings is 1. The van der Waals surface area contributed by atoms with Crippen LogP contribution in [0.5, 0.6) is 0 Å². The molecule has 0 radical (unpaired) electrons. The first-order valence-corrected chi connectivity index (χ1v) is 10.2. The average Bonchev–Trinajstić information content (AvgIpc) is 3.26. The number of amides is 2. The number of hydrogen-bond donors (Lipinski definition) is 2. The summed E-state index contributed by atoms with van der Waals surface area (Å²) in [6, 6.07) is 10.5. The Morgan fingerprint density at radius 2 is 2.11 bits per heavy atom. The van der Waals surface area contributed by atoms with Gasteiger partial charge in [-0.05, 0) is 55.0 Å². The summed E-state index contributed by atoms with van der Waals surface area (Å²) in [7, 11) is 0. The molecule has 1 atom stereocenters. The molecule has 3 N–H and O–H groups in total. The predicted octanol–water partition coefficient (Wildman–Crippen LogP) is 5.14. The lowest BCUT2D eigenvalue weighted by molar-refractivity contribution is 0.0998. The van der Waals surface area contributed by atoms with Crippen LogP contribution in [-0.4, -0.2) is 11.8 Å². The maximum atomic E-state index is 12.7. The Morgan fingerprint density at radius 3 is 2.86 bits per heavy atom. The molecule has 2 heterocycles. The van der Waals surface area contributed by atoms with Gasteiger partial charge in [0.15, 0.2) is 5.76 Å². The normalized spacial score (nSPS) is 15.9. The van der Waals surface area contributed by atoms with Crippen molar-refractivity contribution in [3.8, 4) is 11.3 Å². The molecule has 5 nitrogen and oxygen atoms in total. The highest BCUT2D eigenvalue weighted by Crippen LogP contribution is 2.39. The summed E-state index contributed by atoms with van der Waals surface area (Å²) in [6.07, 6.45) is 2.72. The van der Waals surface area contributed by atoms with Gasteiger partial charge in [-0.3, -0.25) is 9.59 Å². The van der Waals surface area contributed by atoms with Crippen molar-refractivity contribution in [2.75, 3.05) is 5.32 Å². The van der Waals surface area contributed by atoms with Gasteiger partial charge in [0.2, 0.25) is 0 Å². The van der Waals surface area contributed by atoms with E-state index < -0.39 is 11.8 Å². The van der Waals surface area contributed by atoms with Gasteiger partial charge < -0.3 is 15.5 Å². The number of nitrogens with one attached hydrogen (secondary N) is 1. The molecule has 2 aromatic heterocycles. The molecule has 0 spiro atoms. The summed E-state index contributed by atoms with van der Waals surface area (Å²) in [4.78, 5) is 25.8. The highest BCUT2D eigenvalue weighted by Gasteiger charge is 2.27. The fourth-order valence-electron chi connectivity index (χ4n) is 3.52. The Bertz CT molecular complexity index is 1070. The third kappa shape index (κ3) is 3.57. The van der Waals surface area contributed by atoms with Gasteiger partial charge in [0, 0.05) is 15.5 Å². The number of nitrogens with two attached hydrogens (primary N) is 1. The van der Waals surface area contributed by atoms with E-state index >= 15 is 0 Å². The van der Waals surface area contributed by atoms with E-state index in [0.717, 1.165) is 35.3 Å². The van der Waals surface area contributed by atoms with Crippen molar-refractivity contribution in [1.82, 2.24) is 0 Å². The van der Waals surface area contributed by atoms with Crippen LogP contribution in [0.3, 0.4) is 0 Å². The van der Waals surface area contributed by atoms with E-state index in [0.29, 0.717) is 27.3 Å². The van der Waals surface area contributed by atoms with Crippen LogP contribution in [0.1, 0.15) is 44.7 Å². The zero-order chi connectivity index (χ0) is 19.8. The summed E-state index contributed by atoms with van der Waals surface area (Å²) in [6.45, 7) is 2.19. The maximum Gasteiger partial charge on any atom is 0.292 e. The highest BCUT2D eigenvalue weighted by molar-refractivity contribution is 7.17. The molecule has 2 amide bonds. The molecule has 7 heteroatoms. The number of anilines is 1. The largest absolute Gasteiger partial charge is 0.451 e. The van der Waals surface area contributed by atoms with E-state index in [1.54, 1.807) is 24.3 Å². The molecular formula is C21H19ClN2O3S. The summed E-state index contributed by atoms with van der Waals surface area (Å²) in [5, 5.41) is 3.90. The minimum Gasteiger partial charge on any atom is -0.451 e. The number of carbonyl (C=O) groups excluding carboxylic acids is 2. The van der Waals surface area contributed by atoms with Crippen LogP contribution in [0.25, 0.3) is 11.3 Å². The SMILES string of the molecule is C[C@H]1CCc2c(sc(NC(=O)c3ccc(-c4cccc(Cl)c4)o3)c2C(N)=O)C1. The first-order chi connectivity index (χ1) is 13.4. The van der Waals surface area contributed by atoms with E-state index in [2.05, 4.69) is 12.2 Å². The van der Waals surface area contributed by atoms with Gasteiger partial charge in [-0.15, -0.1) is 11.3 Å². The van der Waals surface area contributed by atoms with Crippen molar-refractivity contribution < 1.29 is 14.0 Å². The monoisotopic (exact) mass is 414 g/mol. The summed E-state index contributed by atoms with van der Waals surface area (Å²) in [5.41, 5.74) is 7.80. The second-order valence-corrected chi connectivity index (χ2v) is 8.59. The fourth-order valence-corrected chi connectivity index (χ4v) is 5.12. The molecule has 28 heavy (non-hydrogen) atoms. The molecule has 0 bridgehead atoms. The highest BCUT2D eigenvalue weighted by atomic mass is 35.5. The van der Waals surface area contributed by atoms with Gasteiger partial charge in [0.05, 0.1) is 5.56 Å². The maximum absolute atomic E-state index is 12.7. The summed E-state index contributed by atoms with van der Waals surface area (Å²) >= 11 is 7.45. The number of benzene rings is 1. The zero-order valence-electron chi connectivity index (χ0n) is 15.3. The Hall–Kier alpha value is -2.57. The smallest absolute Gasteiger partial charge is 0.292 e. The first-order valence-electron chi connectivity index (χ1n) is 9.04. The molecule has 0 saturated heterocycles. The third-order valence-corrected chi connectivity index (χ3v) is 6.33. The number of hydrogen-bond acceptors (Lipinski definition) is 4. The van der Waals surface area contributed by atoms with Crippen molar-refractivity contribution in [2.45, 2.75) is 26.2 Å². The lowest BCUT2D eigenvalue weighted by Gasteiger charge is -2.18.